The number of hydrogen-bond donors (Lipinski definition) is 1. The van der Waals surface area contributed by atoms with E-state index < -0.39 is 11.9 Å². The third kappa shape index (κ3) is 4.13. The van der Waals surface area contributed by atoms with Crippen LogP contribution in [0.5, 0.6) is 0 Å². The molecule has 1 aromatic carbocycles. The van der Waals surface area contributed by atoms with Crippen LogP contribution in [0.3, 0.4) is 0 Å². The summed E-state index contributed by atoms with van der Waals surface area (Å²) in [7, 11) is 1.74. The van der Waals surface area contributed by atoms with E-state index in [-0.39, 0.29) is 24.4 Å². The lowest BCUT2D eigenvalue weighted by Gasteiger charge is -2.24. The summed E-state index contributed by atoms with van der Waals surface area (Å²) < 4.78 is 39.1. The van der Waals surface area contributed by atoms with Crippen molar-refractivity contribution >= 4 is 18.3 Å². The van der Waals surface area contributed by atoms with Crippen LogP contribution in [0.25, 0.3) is 5.69 Å². The molecule has 2 heterocycles. The van der Waals surface area contributed by atoms with Gasteiger partial charge >= 0.3 is 6.18 Å². The van der Waals surface area contributed by atoms with Gasteiger partial charge in [-0.2, -0.15) is 18.3 Å². The minimum atomic E-state index is -4.49. The number of rotatable bonds is 3. The van der Waals surface area contributed by atoms with Crippen molar-refractivity contribution in [2.75, 3.05) is 20.1 Å². The van der Waals surface area contributed by atoms with E-state index in [2.05, 4.69) is 10.4 Å². The highest BCUT2D eigenvalue weighted by Gasteiger charge is 2.33. The van der Waals surface area contributed by atoms with Gasteiger partial charge in [-0.15, -0.1) is 12.4 Å². The highest BCUT2D eigenvalue weighted by molar-refractivity contribution is 5.94. The van der Waals surface area contributed by atoms with E-state index in [1.807, 2.05) is 0 Å². The number of likely N-dealkylation sites (N-methyl/N-ethyl adjacent to an activating group) is 1. The highest BCUT2D eigenvalue weighted by atomic mass is 35.5. The maximum atomic E-state index is 12.7. The molecule has 0 aliphatic carbocycles. The van der Waals surface area contributed by atoms with Crippen molar-refractivity contribution in [3.8, 4) is 5.69 Å². The molecule has 5 nitrogen and oxygen atoms in total. The summed E-state index contributed by atoms with van der Waals surface area (Å²) in [5.74, 6) is -0.159. The maximum Gasteiger partial charge on any atom is 0.435 e. The number of aromatic nitrogens is 2. The van der Waals surface area contributed by atoms with Gasteiger partial charge in [-0.1, -0.05) is 6.07 Å². The van der Waals surface area contributed by atoms with Crippen molar-refractivity contribution in [3.63, 3.8) is 0 Å². The van der Waals surface area contributed by atoms with E-state index >= 15 is 0 Å². The first-order valence-electron chi connectivity index (χ1n) is 7.57. The molecule has 0 bridgehead atoms. The van der Waals surface area contributed by atoms with E-state index in [4.69, 9.17) is 0 Å². The third-order valence-electron chi connectivity index (χ3n) is 4.14. The monoisotopic (exact) mass is 374 g/mol. The Morgan fingerprint density at radius 1 is 1.36 bits per heavy atom. The number of carbonyl (C=O) groups is 1. The summed E-state index contributed by atoms with van der Waals surface area (Å²) in [6.45, 7) is 1.62. The molecule has 25 heavy (non-hydrogen) atoms. The molecule has 1 saturated heterocycles. The van der Waals surface area contributed by atoms with Crippen molar-refractivity contribution in [3.05, 3.63) is 47.8 Å². The van der Waals surface area contributed by atoms with Gasteiger partial charge in [0, 0.05) is 31.4 Å². The van der Waals surface area contributed by atoms with Crippen LogP contribution in [0.4, 0.5) is 13.2 Å². The van der Waals surface area contributed by atoms with E-state index in [9.17, 15) is 18.0 Å². The third-order valence-corrected chi connectivity index (χ3v) is 4.14. The molecule has 1 unspecified atom stereocenters. The number of amides is 1. The Kier molecular flexibility index (Phi) is 5.74. The van der Waals surface area contributed by atoms with Crippen LogP contribution < -0.4 is 5.32 Å². The first kappa shape index (κ1) is 19.3. The zero-order chi connectivity index (χ0) is 17.3. The molecular formula is C16H18ClF3N4O. The predicted molar refractivity (Wildman–Crippen MR) is 89.2 cm³/mol. The van der Waals surface area contributed by atoms with Gasteiger partial charge in [0.05, 0.1) is 5.69 Å². The molecular weight excluding hydrogens is 357 g/mol. The standard InChI is InChI=1S/C16H17F3N4O.ClH/c1-22(13-5-7-20-10-13)15(24)11-3-2-4-12(9-11)23-8-6-14(21-23)16(17,18)19;/h2-4,6,8-9,13,20H,5,7,10H2,1H3;1H. The lowest BCUT2D eigenvalue weighted by molar-refractivity contribution is -0.141. The highest BCUT2D eigenvalue weighted by Crippen LogP contribution is 2.28. The molecule has 1 amide bonds. The van der Waals surface area contributed by atoms with Crippen molar-refractivity contribution in [1.29, 1.82) is 0 Å². The van der Waals surface area contributed by atoms with Gasteiger partial charge in [0.25, 0.3) is 5.91 Å². The molecule has 1 N–H and O–H groups in total. The first-order chi connectivity index (χ1) is 11.4. The van der Waals surface area contributed by atoms with Crippen LogP contribution in [-0.2, 0) is 6.18 Å². The minimum absolute atomic E-state index is 0. The summed E-state index contributed by atoms with van der Waals surface area (Å²) in [6.07, 6.45) is -2.37. The molecule has 0 spiro atoms. The van der Waals surface area contributed by atoms with Crippen LogP contribution in [0.2, 0.25) is 0 Å². The predicted octanol–water partition coefficient (Wildman–Crippen LogP) is 2.75. The topological polar surface area (TPSA) is 50.2 Å². The summed E-state index contributed by atoms with van der Waals surface area (Å²) in [5.41, 5.74) is -0.131. The summed E-state index contributed by atoms with van der Waals surface area (Å²) in [4.78, 5) is 14.2. The lowest BCUT2D eigenvalue weighted by Crippen LogP contribution is -2.38. The number of carbonyl (C=O) groups excluding carboxylic acids is 1. The normalized spacial score (nSPS) is 17.2. The van der Waals surface area contributed by atoms with Crippen LogP contribution in [-0.4, -0.2) is 46.8 Å². The molecule has 9 heteroatoms. The second-order valence-corrected chi connectivity index (χ2v) is 5.76. The Hall–Kier alpha value is -2.06. The largest absolute Gasteiger partial charge is 0.435 e. The number of benzene rings is 1. The summed E-state index contributed by atoms with van der Waals surface area (Å²) >= 11 is 0. The zero-order valence-electron chi connectivity index (χ0n) is 13.5. The Morgan fingerprint density at radius 2 is 2.12 bits per heavy atom. The van der Waals surface area contributed by atoms with Gasteiger partial charge in [0.2, 0.25) is 0 Å². The van der Waals surface area contributed by atoms with E-state index in [0.717, 1.165) is 30.3 Å². The summed E-state index contributed by atoms with van der Waals surface area (Å²) in [6, 6.07) is 7.49. The fourth-order valence-corrected chi connectivity index (χ4v) is 2.74. The van der Waals surface area contributed by atoms with Crippen molar-refractivity contribution in [2.24, 2.45) is 0 Å². The lowest BCUT2D eigenvalue weighted by atomic mass is 10.1. The number of halogens is 4. The molecule has 1 atom stereocenters. The van der Waals surface area contributed by atoms with Crippen molar-refractivity contribution in [2.45, 2.75) is 18.6 Å². The number of nitrogens with zero attached hydrogens (tertiary/aromatic N) is 3. The van der Waals surface area contributed by atoms with Gasteiger partial charge in [0.15, 0.2) is 5.69 Å². The molecule has 3 rings (SSSR count). The van der Waals surface area contributed by atoms with E-state index in [0.29, 0.717) is 11.3 Å². The molecule has 0 saturated carbocycles. The molecule has 1 fully saturated rings. The fraction of sp³-hybridized carbons (Fsp3) is 0.375. The molecule has 1 aromatic heterocycles. The van der Waals surface area contributed by atoms with Crippen molar-refractivity contribution in [1.82, 2.24) is 20.0 Å². The molecule has 136 valence electrons. The maximum absolute atomic E-state index is 12.7. The Bertz CT molecular complexity index is 741. The summed E-state index contributed by atoms with van der Waals surface area (Å²) in [5, 5.41) is 6.73. The van der Waals surface area contributed by atoms with E-state index in [1.165, 1.54) is 6.20 Å². The second kappa shape index (κ2) is 7.45. The van der Waals surface area contributed by atoms with Gasteiger partial charge in [-0.3, -0.25) is 4.79 Å². The first-order valence-corrected chi connectivity index (χ1v) is 7.57. The molecule has 1 aliphatic rings. The molecule has 0 radical (unpaired) electrons. The number of nitrogens with one attached hydrogen (secondary N) is 1. The van der Waals surface area contributed by atoms with Crippen LogP contribution in [0.15, 0.2) is 36.5 Å². The van der Waals surface area contributed by atoms with Crippen LogP contribution in [0, 0.1) is 0 Å². The van der Waals surface area contributed by atoms with Crippen LogP contribution >= 0.6 is 12.4 Å². The minimum Gasteiger partial charge on any atom is -0.337 e. The van der Waals surface area contributed by atoms with Crippen LogP contribution in [0.1, 0.15) is 22.5 Å². The smallest absolute Gasteiger partial charge is 0.337 e. The average Bonchev–Trinajstić information content (AvgIpc) is 3.24. The SMILES string of the molecule is CN(C(=O)c1cccc(-n2ccc(C(F)(F)F)n2)c1)C1CCNC1.Cl. The van der Waals surface area contributed by atoms with Gasteiger partial charge < -0.3 is 10.2 Å². The van der Waals surface area contributed by atoms with Gasteiger partial charge in [-0.25, -0.2) is 4.68 Å². The molecule has 2 aromatic rings. The average molecular weight is 375 g/mol. The molecule has 1 aliphatic heterocycles. The zero-order valence-corrected chi connectivity index (χ0v) is 14.3. The van der Waals surface area contributed by atoms with E-state index in [1.54, 1.807) is 36.2 Å². The number of hydrogen-bond acceptors (Lipinski definition) is 3. The Morgan fingerprint density at radius 3 is 2.72 bits per heavy atom. The van der Waals surface area contributed by atoms with Crippen molar-refractivity contribution < 1.29 is 18.0 Å². The van der Waals surface area contributed by atoms with Gasteiger partial charge in [-0.05, 0) is 37.2 Å². The second-order valence-electron chi connectivity index (χ2n) is 5.76. The fourth-order valence-electron chi connectivity index (χ4n) is 2.74. The van der Waals surface area contributed by atoms with Gasteiger partial charge in [0.1, 0.15) is 0 Å². The Labute approximate surface area is 149 Å². The number of alkyl halides is 3. The quantitative estimate of drug-likeness (QED) is 0.898. The Balaban J connectivity index is 0.00000225.